The van der Waals surface area contributed by atoms with Crippen molar-refractivity contribution in [2.75, 3.05) is 14.1 Å². The molecule has 3 aromatic rings. The molecule has 7 heteroatoms. The lowest BCUT2D eigenvalue weighted by molar-refractivity contribution is -0.134. The third-order valence-corrected chi connectivity index (χ3v) is 4.54. The second kappa shape index (κ2) is 8.98. The van der Waals surface area contributed by atoms with E-state index in [1.54, 1.807) is 24.5 Å². The number of hydrogen-bond donors (Lipinski definition) is 1. The minimum absolute atomic E-state index is 0.198. The third kappa shape index (κ3) is 5.37. The van der Waals surface area contributed by atoms with Crippen molar-refractivity contribution >= 4 is 5.57 Å². The Hall–Kier alpha value is -3.35. The highest BCUT2D eigenvalue weighted by atomic mass is 19.4. The highest BCUT2D eigenvalue weighted by Crippen LogP contribution is 2.30. The van der Waals surface area contributed by atoms with Crippen LogP contribution in [0.4, 0.5) is 13.2 Å². The van der Waals surface area contributed by atoms with Crippen LogP contribution in [0.3, 0.4) is 0 Å². The van der Waals surface area contributed by atoms with Gasteiger partial charge in [-0.2, -0.15) is 18.3 Å². The second-order valence-corrected chi connectivity index (χ2v) is 7.13. The van der Waals surface area contributed by atoms with Gasteiger partial charge < -0.3 is 4.90 Å². The van der Waals surface area contributed by atoms with E-state index in [0.717, 1.165) is 16.7 Å². The summed E-state index contributed by atoms with van der Waals surface area (Å²) in [5, 5.41) is 6.59. The van der Waals surface area contributed by atoms with Crippen LogP contribution in [-0.4, -0.2) is 40.4 Å². The Labute approximate surface area is 173 Å². The van der Waals surface area contributed by atoms with Gasteiger partial charge in [0.2, 0.25) is 0 Å². The average molecular weight is 412 g/mol. The Kier molecular flexibility index (Phi) is 6.40. The Morgan fingerprint density at radius 3 is 2.60 bits per heavy atom. The van der Waals surface area contributed by atoms with Crippen molar-refractivity contribution in [1.82, 2.24) is 20.1 Å². The maximum absolute atomic E-state index is 12.9. The monoisotopic (exact) mass is 412 g/mol. The van der Waals surface area contributed by atoms with Gasteiger partial charge in [0.15, 0.2) is 0 Å². The molecule has 0 aliphatic heterocycles. The lowest BCUT2D eigenvalue weighted by Gasteiger charge is -2.13. The lowest BCUT2D eigenvalue weighted by Crippen LogP contribution is -2.10. The van der Waals surface area contributed by atoms with Gasteiger partial charge in [0.1, 0.15) is 0 Å². The number of hydrogen-bond acceptors (Lipinski definition) is 3. The summed E-state index contributed by atoms with van der Waals surface area (Å²) in [6.45, 7) is 3.87. The quantitative estimate of drug-likeness (QED) is 0.505. The van der Waals surface area contributed by atoms with Crippen LogP contribution in [0.5, 0.6) is 0 Å². The molecule has 0 atom stereocenters. The van der Waals surface area contributed by atoms with Crippen molar-refractivity contribution in [3.8, 4) is 22.4 Å². The Balaban J connectivity index is 2.02. The largest absolute Gasteiger partial charge is 0.389 e. The molecular formula is C23H23F3N4. The van der Waals surface area contributed by atoms with Crippen LogP contribution in [0.25, 0.3) is 28.0 Å². The second-order valence-electron chi connectivity index (χ2n) is 7.13. The van der Waals surface area contributed by atoms with Crippen molar-refractivity contribution in [2.24, 2.45) is 0 Å². The van der Waals surface area contributed by atoms with Gasteiger partial charge in [0.25, 0.3) is 0 Å². The molecule has 0 spiro atoms. The van der Waals surface area contributed by atoms with E-state index < -0.39 is 12.6 Å². The number of allylic oxidation sites excluding steroid dienone is 2. The summed E-state index contributed by atoms with van der Waals surface area (Å²) in [5.74, 6) is 0. The number of aromatic nitrogens is 3. The zero-order valence-electron chi connectivity index (χ0n) is 16.9. The molecule has 4 nitrogen and oxygen atoms in total. The predicted octanol–water partition coefficient (Wildman–Crippen LogP) is 5.72. The Morgan fingerprint density at radius 2 is 1.97 bits per heavy atom. The summed E-state index contributed by atoms with van der Waals surface area (Å²) < 4.78 is 38.6. The molecule has 2 aromatic heterocycles. The van der Waals surface area contributed by atoms with Gasteiger partial charge in [0.05, 0.1) is 11.9 Å². The topological polar surface area (TPSA) is 44.8 Å². The molecule has 0 radical (unpaired) electrons. The molecule has 0 fully saturated rings. The number of H-pyrrole nitrogens is 1. The normalized spacial score (nSPS) is 12.1. The van der Waals surface area contributed by atoms with Crippen LogP contribution in [0.1, 0.15) is 17.7 Å². The number of rotatable bonds is 7. The first kappa shape index (κ1) is 21.4. The van der Waals surface area contributed by atoms with Crippen molar-refractivity contribution < 1.29 is 13.2 Å². The first-order chi connectivity index (χ1) is 14.3. The van der Waals surface area contributed by atoms with E-state index in [1.807, 2.05) is 55.5 Å². The molecule has 0 aliphatic rings. The molecule has 0 amide bonds. The number of aryl methyl sites for hydroxylation is 1. The number of halogens is 3. The highest BCUT2D eigenvalue weighted by Gasteiger charge is 2.27. The molecule has 3 rings (SSSR count). The zero-order valence-corrected chi connectivity index (χ0v) is 16.9. The van der Waals surface area contributed by atoms with Gasteiger partial charge in [0, 0.05) is 55.3 Å². The number of benzene rings is 1. The lowest BCUT2D eigenvalue weighted by atomic mass is 9.99. The SMILES string of the molecule is C=C/C(=C\N(C)C)c1cccc(-c2ccc(-c3cn[nH]c3)c(CCC(F)(F)F)n2)c1. The number of alkyl halides is 3. The van der Waals surface area contributed by atoms with Gasteiger partial charge in [-0.15, -0.1) is 0 Å². The number of nitrogens with one attached hydrogen (secondary N) is 1. The summed E-state index contributed by atoms with van der Waals surface area (Å²) in [4.78, 5) is 6.52. The molecule has 2 heterocycles. The molecule has 1 N–H and O–H groups in total. The molecule has 0 aliphatic carbocycles. The van der Waals surface area contributed by atoms with Crippen LogP contribution in [0, 0.1) is 0 Å². The molecule has 0 saturated heterocycles. The maximum Gasteiger partial charge on any atom is 0.389 e. The smallest absolute Gasteiger partial charge is 0.383 e. The van der Waals surface area contributed by atoms with Crippen molar-refractivity contribution in [1.29, 1.82) is 0 Å². The van der Waals surface area contributed by atoms with E-state index in [1.165, 1.54) is 0 Å². The molecule has 1 aromatic carbocycles. The first-order valence-corrected chi connectivity index (χ1v) is 9.44. The van der Waals surface area contributed by atoms with Crippen LogP contribution in [-0.2, 0) is 6.42 Å². The van der Waals surface area contributed by atoms with Crippen molar-refractivity contribution in [3.63, 3.8) is 0 Å². The van der Waals surface area contributed by atoms with Crippen molar-refractivity contribution in [2.45, 2.75) is 19.0 Å². The predicted molar refractivity (Wildman–Crippen MR) is 113 cm³/mol. The Bertz CT molecular complexity index is 1030. The fourth-order valence-corrected chi connectivity index (χ4v) is 3.16. The van der Waals surface area contributed by atoms with Crippen LogP contribution < -0.4 is 0 Å². The molecular weight excluding hydrogens is 389 g/mol. The number of pyridine rings is 1. The standard InChI is InChI=1S/C23H23F3N4/c1-4-16(15-30(2)3)17-6-5-7-18(12-17)21-9-8-20(19-13-27-28-14-19)22(29-21)10-11-23(24,25)26/h4-9,12-15H,1,10-11H2,2-3H3,(H,27,28)/b16-15+. The van der Waals surface area contributed by atoms with E-state index in [2.05, 4.69) is 21.8 Å². The average Bonchev–Trinajstić information content (AvgIpc) is 3.24. The molecule has 0 unspecified atom stereocenters. The van der Waals surface area contributed by atoms with Crippen LogP contribution in [0.15, 0.2) is 67.6 Å². The fourth-order valence-electron chi connectivity index (χ4n) is 3.16. The number of nitrogens with zero attached hydrogens (tertiary/aromatic N) is 3. The maximum atomic E-state index is 12.9. The van der Waals surface area contributed by atoms with E-state index in [-0.39, 0.29) is 6.42 Å². The summed E-state index contributed by atoms with van der Waals surface area (Å²) in [6.07, 6.45) is 1.57. The van der Waals surface area contributed by atoms with Crippen LogP contribution in [0.2, 0.25) is 0 Å². The van der Waals surface area contributed by atoms with Crippen molar-refractivity contribution in [3.05, 3.63) is 78.9 Å². The van der Waals surface area contributed by atoms with Gasteiger partial charge in [-0.25, -0.2) is 0 Å². The summed E-state index contributed by atoms with van der Waals surface area (Å²) in [7, 11) is 3.85. The minimum Gasteiger partial charge on any atom is -0.383 e. The number of aromatic amines is 1. The highest BCUT2D eigenvalue weighted by molar-refractivity contribution is 5.77. The van der Waals surface area contributed by atoms with E-state index in [4.69, 9.17) is 0 Å². The van der Waals surface area contributed by atoms with Gasteiger partial charge >= 0.3 is 6.18 Å². The molecule has 30 heavy (non-hydrogen) atoms. The van der Waals surface area contributed by atoms with Gasteiger partial charge in [-0.05, 0) is 29.7 Å². The summed E-state index contributed by atoms with van der Waals surface area (Å²) in [6, 6.07) is 11.3. The first-order valence-electron chi connectivity index (χ1n) is 9.44. The Morgan fingerprint density at radius 1 is 1.17 bits per heavy atom. The third-order valence-electron chi connectivity index (χ3n) is 4.54. The van der Waals surface area contributed by atoms with E-state index in [9.17, 15) is 13.2 Å². The van der Waals surface area contributed by atoms with E-state index >= 15 is 0 Å². The minimum atomic E-state index is -4.25. The summed E-state index contributed by atoms with van der Waals surface area (Å²) >= 11 is 0. The van der Waals surface area contributed by atoms with Crippen LogP contribution >= 0.6 is 0 Å². The van der Waals surface area contributed by atoms with Gasteiger partial charge in [-0.3, -0.25) is 10.1 Å². The fraction of sp³-hybridized carbons (Fsp3) is 0.217. The summed E-state index contributed by atoms with van der Waals surface area (Å²) in [5.41, 5.74) is 5.09. The van der Waals surface area contributed by atoms with Gasteiger partial charge in [-0.1, -0.05) is 36.9 Å². The molecule has 156 valence electrons. The zero-order chi connectivity index (χ0) is 21.7. The van der Waals surface area contributed by atoms with E-state index in [0.29, 0.717) is 22.5 Å². The molecule has 0 bridgehead atoms. The molecule has 0 saturated carbocycles.